The van der Waals surface area contributed by atoms with Crippen LogP contribution in [-0.2, 0) is 12.6 Å². The summed E-state index contributed by atoms with van der Waals surface area (Å²) in [4.78, 5) is 0. The van der Waals surface area contributed by atoms with Gasteiger partial charge in [0.15, 0.2) is 5.82 Å². The number of H-pyrrole nitrogens is 1. The maximum Gasteiger partial charge on any atom is 0.416 e. The van der Waals surface area contributed by atoms with E-state index in [4.69, 9.17) is 12.2 Å². The predicted molar refractivity (Wildman–Crippen MR) is 75.8 cm³/mol. The molecule has 0 aliphatic heterocycles. The predicted octanol–water partition coefficient (Wildman–Crippen LogP) is 3.79. The molecule has 2 rings (SSSR count). The van der Waals surface area contributed by atoms with Gasteiger partial charge >= 0.3 is 6.18 Å². The van der Waals surface area contributed by atoms with Crippen molar-refractivity contribution in [3.63, 3.8) is 0 Å². The molecule has 0 radical (unpaired) electrons. The number of benzene rings is 1. The highest BCUT2D eigenvalue weighted by Crippen LogP contribution is 2.29. The molecule has 0 aliphatic carbocycles. The van der Waals surface area contributed by atoms with E-state index < -0.39 is 11.7 Å². The third-order valence-corrected chi connectivity index (χ3v) is 3.16. The Morgan fingerprint density at radius 3 is 2.76 bits per heavy atom. The van der Waals surface area contributed by atoms with Gasteiger partial charge in [0.1, 0.15) is 0 Å². The van der Waals surface area contributed by atoms with Crippen LogP contribution >= 0.6 is 12.2 Å². The number of hydrogen-bond donors (Lipinski definition) is 1. The first-order valence-corrected chi connectivity index (χ1v) is 6.63. The van der Waals surface area contributed by atoms with Gasteiger partial charge in [0.2, 0.25) is 4.77 Å². The quantitative estimate of drug-likeness (QED) is 0.692. The molecule has 2 aromatic rings. The second-order valence-electron chi connectivity index (χ2n) is 4.37. The summed E-state index contributed by atoms with van der Waals surface area (Å²) in [5, 5.41) is 10.9. The van der Waals surface area contributed by atoms with Crippen molar-refractivity contribution in [3.8, 4) is 0 Å². The Balaban J connectivity index is 2.44. The molecule has 0 unspecified atom stereocenters. The van der Waals surface area contributed by atoms with Gasteiger partial charge in [-0.25, -0.2) is 0 Å². The fourth-order valence-electron chi connectivity index (χ4n) is 1.78. The first-order valence-electron chi connectivity index (χ1n) is 6.22. The molecule has 0 amide bonds. The van der Waals surface area contributed by atoms with Crippen molar-refractivity contribution < 1.29 is 13.2 Å². The molecule has 0 fully saturated rings. The fourth-order valence-corrected chi connectivity index (χ4v) is 1.98. The summed E-state index contributed by atoms with van der Waals surface area (Å²) in [5.41, 5.74) is 0.101. The van der Waals surface area contributed by atoms with Gasteiger partial charge < -0.3 is 0 Å². The lowest BCUT2D eigenvalue weighted by molar-refractivity contribution is -0.137. The molecule has 21 heavy (non-hydrogen) atoms. The maximum absolute atomic E-state index is 12.7. The highest BCUT2D eigenvalue weighted by atomic mass is 32.1. The number of nitrogens with zero attached hydrogens (tertiary/aromatic N) is 3. The van der Waals surface area contributed by atoms with Crippen LogP contribution in [0.2, 0.25) is 0 Å². The standard InChI is InChI=1S/C13H13F3N4S/c1-3-11-17-18-12(21)20(11)19-8(2)9-5-4-6-10(7-9)13(14,15)16/h4-7H,3H2,1-2H3,(H,18,21)/b19-8+. The van der Waals surface area contributed by atoms with Crippen LogP contribution in [0.1, 0.15) is 30.8 Å². The Morgan fingerprint density at radius 2 is 2.14 bits per heavy atom. The molecule has 1 N–H and O–H groups in total. The van der Waals surface area contributed by atoms with E-state index in [-0.39, 0.29) is 0 Å². The molecule has 0 saturated carbocycles. The van der Waals surface area contributed by atoms with Gasteiger partial charge in [-0.1, -0.05) is 19.1 Å². The number of rotatable bonds is 3. The van der Waals surface area contributed by atoms with Gasteiger partial charge in [0.25, 0.3) is 0 Å². The zero-order valence-electron chi connectivity index (χ0n) is 11.4. The third-order valence-electron chi connectivity index (χ3n) is 2.89. The number of hydrogen-bond acceptors (Lipinski definition) is 3. The van der Waals surface area contributed by atoms with Crippen LogP contribution in [0.4, 0.5) is 13.2 Å². The van der Waals surface area contributed by atoms with E-state index in [2.05, 4.69) is 15.3 Å². The Labute approximate surface area is 124 Å². The largest absolute Gasteiger partial charge is 0.416 e. The lowest BCUT2D eigenvalue weighted by Crippen LogP contribution is -2.08. The first kappa shape index (κ1) is 15.4. The maximum atomic E-state index is 12.7. The van der Waals surface area contributed by atoms with Gasteiger partial charge in [-0.05, 0) is 36.8 Å². The van der Waals surface area contributed by atoms with Crippen LogP contribution in [0.25, 0.3) is 0 Å². The van der Waals surface area contributed by atoms with E-state index in [1.165, 1.54) is 10.7 Å². The van der Waals surface area contributed by atoms with Gasteiger partial charge in [-0.2, -0.15) is 28.0 Å². The summed E-state index contributed by atoms with van der Waals surface area (Å²) >= 11 is 5.05. The molecule has 0 aliphatic rings. The van der Waals surface area contributed by atoms with Crippen LogP contribution in [0, 0.1) is 4.77 Å². The zero-order chi connectivity index (χ0) is 15.6. The van der Waals surface area contributed by atoms with Crippen molar-refractivity contribution in [1.29, 1.82) is 0 Å². The van der Waals surface area contributed by atoms with Crippen molar-refractivity contribution in [2.45, 2.75) is 26.4 Å². The summed E-state index contributed by atoms with van der Waals surface area (Å²) in [7, 11) is 0. The molecule has 0 atom stereocenters. The van der Waals surface area contributed by atoms with E-state index in [1.807, 2.05) is 6.92 Å². The molecule has 112 valence electrons. The highest BCUT2D eigenvalue weighted by Gasteiger charge is 2.30. The van der Waals surface area contributed by atoms with Crippen molar-refractivity contribution in [2.75, 3.05) is 0 Å². The summed E-state index contributed by atoms with van der Waals surface area (Å²) in [6.45, 7) is 3.51. The van der Waals surface area contributed by atoms with E-state index >= 15 is 0 Å². The second kappa shape index (κ2) is 5.80. The molecule has 4 nitrogen and oxygen atoms in total. The minimum atomic E-state index is -4.38. The van der Waals surface area contributed by atoms with E-state index in [1.54, 1.807) is 13.0 Å². The lowest BCUT2D eigenvalue weighted by Gasteiger charge is -2.08. The van der Waals surface area contributed by atoms with Gasteiger partial charge in [0, 0.05) is 6.42 Å². The molecule has 1 aromatic heterocycles. The highest BCUT2D eigenvalue weighted by molar-refractivity contribution is 7.71. The van der Waals surface area contributed by atoms with Crippen molar-refractivity contribution in [3.05, 3.63) is 46.0 Å². The minimum absolute atomic E-state index is 0.304. The van der Waals surface area contributed by atoms with Crippen LogP contribution in [-0.4, -0.2) is 20.6 Å². The van der Waals surface area contributed by atoms with Crippen LogP contribution in [0.5, 0.6) is 0 Å². The van der Waals surface area contributed by atoms with Gasteiger partial charge in [0.05, 0.1) is 11.3 Å². The summed E-state index contributed by atoms with van der Waals surface area (Å²) in [6.07, 6.45) is -3.77. The number of alkyl halides is 3. The average molecular weight is 314 g/mol. The summed E-state index contributed by atoms with van der Waals surface area (Å²) < 4.78 is 39.9. The molecule has 1 heterocycles. The molecule has 8 heteroatoms. The SMILES string of the molecule is CCc1n[nH]c(=S)n1/N=C(\C)c1cccc(C(F)(F)F)c1. The Bertz CT molecular complexity index is 728. The number of aryl methyl sites for hydroxylation is 1. The monoisotopic (exact) mass is 314 g/mol. The Morgan fingerprint density at radius 1 is 1.43 bits per heavy atom. The number of halogens is 3. The van der Waals surface area contributed by atoms with E-state index in [9.17, 15) is 13.2 Å². The minimum Gasteiger partial charge on any atom is -0.250 e. The van der Waals surface area contributed by atoms with E-state index in [0.717, 1.165) is 12.1 Å². The second-order valence-corrected chi connectivity index (χ2v) is 4.76. The molecule has 0 spiro atoms. The summed E-state index contributed by atoms with van der Waals surface area (Å²) in [6, 6.07) is 5.02. The normalized spacial score (nSPS) is 12.7. The molecular weight excluding hydrogens is 301 g/mol. The average Bonchev–Trinajstić information content (AvgIpc) is 2.79. The number of aromatic amines is 1. The van der Waals surface area contributed by atoms with Crippen LogP contribution < -0.4 is 0 Å². The zero-order valence-corrected chi connectivity index (χ0v) is 12.2. The molecule has 1 aromatic carbocycles. The summed E-state index contributed by atoms with van der Waals surface area (Å²) in [5.74, 6) is 0.617. The fraction of sp³-hybridized carbons (Fsp3) is 0.308. The van der Waals surface area contributed by atoms with Crippen LogP contribution in [0.3, 0.4) is 0 Å². The third kappa shape index (κ3) is 3.38. The number of nitrogens with one attached hydrogen (secondary N) is 1. The first-order chi connectivity index (χ1) is 9.82. The molecule has 0 saturated heterocycles. The van der Waals surface area contributed by atoms with Crippen molar-refractivity contribution in [2.24, 2.45) is 5.10 Å². The van der Waals surface area contributed by atoms with Crippen molar-refractivity contribution >= 4 is 17.9 Å². The Hall–Kier alpha value is -1.96. The van der Waals surface area contributed by atoms with Crippen LogP contribution in [0.15, 0.2) is 29.4 Å². The van der Waals surface area contributed by atoms with E-state index in [0.29, 0.717) is 28.3 Å². The Kier molecular flexibility index (Phi) is 4.26. The lowest BCUT2D eigenvalue weighted by atomic mass is 10.1. The van der Waals surface area contributed by atoms with Gasteiger partial charge in [-0.3, -0.25) is 5.10 Å². The molecule has 0 bridgehead atoms. The topological polar surface area (TPSA) is 46.0 Å². The van der Waals surface area contributed by atoms with Crippen molar-refractivity contribution in [1.82, 2.24) is 14.9 Å². The smallest absolute Gasteiger partial charge is 0.250 e. The molecular formula is C13H13F3N4S. The number of aromatic nitrogens is 3. The van der Waals surface area contributed by atoms with Gasteiger partial charge in [-0.15, -0.1) is 0 Å².